The number of carbonyl (C=O) groups excluding carboxylic acids is 3. The number of amides is 2. The van der Waals surface area contributed by atoms with E-state index in [1.54, 1.807) is 0 Å². The van der Waals surface area contributed by atoms with Crippen molar-refractivity contribution in [2.75, 3.05) is 26.7 Å². The summed E-state index contributed by atoms with van der Waals surface area (Å²) in [6.45, 7) is 2.16. The lowest BCUT2D eigenvalue weighted by Gasteiger charge is -2.27. The van der Waals surface area contributed by atoms with Crippen LogP contribution >= 0.6 is 0 Å². The molecule has 0 aromatic carbocycles. The smallest absolute Gasteiger partial charge is 0.223 e. The van der Waals surface area contributed by atoms with Crippen molar-refractivity contribution in [3.63, 3.8) is 0 Å². The second-order valence-electron chi connectivity index (χ2n) is 5.98. The normalized spacial score (nSPS) is 21.1. The predicted octanol–water partition coefficient (Wildman–Crippen LogP) is 0.614. The number of nitrogens with one attached hydrogen (secondary N) is 3. The zero-order chi connectivity index (χ0) is 16.2. The third-order valence-corrected chi connectivity index (χ3v) is 4.17. The van der Waals surface area contributed by atoms with Crippen molar-refractivity contribution in [2.24, 2.45) is 11.8 Å². The monoisotopic (exact) mass is 311 g/mol. The minimum atomic E-state index is -0.110. The van der Waals surface area contributed by atoms with Crippen LogP contribution in [0.15, 0.2) is 0 Å². The molecule has 0 heterocycles. The van der Waals surface area contributed by atoms with Gasteiger partial charge in [0.2, 0.25) is 11.8 Å². The van der Waals surface area contributed by atoms with E-state index in [0.29, 0.717) is 25.4 Å². The SMILES string of the molecule is CNCC1CCC(C(=O)NCCCNC(=O)CCC=O)CC1. The molecule has 2 amide bonds. The van der Waals surface area contributed by atoms with E-state index >= 15 is 0 Å². The second kappa shape index (κ2) is 11.2. The maximum Gasteiger partial charge on any atom is 0.223 e. The van der Waals surface area contributed by atoms with Gasteiger partial charge in [-0.05, 0) is 51.6 Å². The molecule has 6 heteroatoms. The van der Waals surface area contributed by atoms with Gasteiger partial charge in [-0.3, -0.25) is 9.59 Å². The number of hydrogen-bond donors (Lipinski definition) is 3. The molecule has 0 unspecified atom stereocenters. The van der Waals surface area contributed by atoms with E-state index in [2.05, 4.69) is 16.0 Å². The lowest BCUT2D eigenvalue weighted by molar-refractivity contribution is -0.126. The van der Waals surface area contributed by atoms with Gasteiger partial charge >= 0.3 is 0 Å². The molecule has 1 fully saturated rings. The Kier molecular flexibility index (Phi) is 9.46. The number of aldehydes is 1. The van der Waals surface area contributed by atoms with Crippen LogP contribution in [0.25, 0.3) is 0 Å². The molecule has 0 atom stereocenters. The van der Waals surface area contributed by atoms with E-state index in [9.17, 15) is 14.4 Å². The van der Waals surface area contributed by atoms with E-state index in [-0.39, 0.29) is 30.6 Å². The van der Waals surface area contributed by atoms with Crippen molar-refractivity contribution in [1.29, 1.82) is 0 Å². The topological polar surface area (TPSA) is 87.3 Å². The fourth-order valence-corrected chi connectivity index (χ4v) is 2.87. The summed E-state index contributed by atoms with van der Waals surface area (Å²) < 4.78 is 0. The van der Waals surface area contributed by atoms with Gasteiger partial charge in [-0.25, -0.2) is 0 Å². The first-order valence-corrected chi connectivity index (χ1v) is 8.30. The van der Waals surface area contributed by atoms with Crippen LogP contribution in [0, 0.1) is 11.8 Å². The Morgan fingerprint density at radius 1 is 1.09 bits per heavy atom. The van der Waals surface area contributed by atoms with Gasteiger partial charge in [0.05, 0.1) is 0 Å². The fourth-order valence-electron chi connectivity index (χ4n) is 2.87. The highest BCUT2D eigenvalue weighted by Crippen LogP contribution is 2.28. The molecule has 0 radical (unpaired) electrons. The van der Waals surface area contributed by atoms with Crippen LogP contribution < -0.4 is 16.0 Å². The minimum Gasteiger partial charge on any atom is -0.356 e. The molecule has 1 rings (SSSR count). The number of rotatable bonds is 10. The highest BCUT2D eigenvalue weighted by molar-refractivity contribution is 5.79. The Morgan fingerprint density at radius 2 is 1.77 bits per heavy atom. The van der Waals surface area contributed by atoms with E-state index < -0.39 is 0 Å². The van der Waals surface area contributed by atoms with E-state index in [4.69, 9.17) is 0 Å². The first kappa shape index (κ1) is 18.6. The zero-order valence-electron chi connectivity index (χ0n) is 13.5. The summed E-state index contributed by atoms with van der Waals surface area (Å²) in [5.41, 5.74) is 0. The van der Waals surface area contributed by atoms with Crippen molar-refractivity contribution < 1.29 is 14.4 Å². The summed E-state index contributed by atoms with van der Waals surface area (Å²) in [5.74, 6) is 0.891. The molecule has 1 saturated carbocycles. The zero-order valence-corrected chi connectivity index (χ0v) is 13.5. The molecular formula is C16H29N3O3. The molecule has 1 aliphatic rings. The molecule has 3 N–H and O–H groups in total. The molecular weight excluding hydrogens is 282 g/mol. The molecule has 6 nitrogen and oxygen atoms in total. The van der Waals surface area contributed by atoms with Crippen LogP contribution in [0.2, 0.25) is 0 Å². The first-order valence-electron chi connectivity index (χ1n) is 8.30. The van der Waals surface area contributed by atoms with Crippen molar-refractivity contribution in [1.82, 2.24) is 16.0 Å². The molecule has 0 bridgehead atoms. The summed E-state index contributed by atoms with van der Waals surface area (Å²) >= 11 is 0. The van der Waals surface area contributed by atoms with Gasteiger partial charge in [-0.1, -0.05) is 0 Å². The molecule has 126 valence electrons. The Hall–Kier alpha value is -1.43. The van der Waals surface area contributed by atoms with Gasteiger partial charge in [-0.2, -0.15) is 0 Å². The largest absolute Gasteiger partial charge is 0.356 e. The van der Waals surface area contributed by atoms with Crippen LogP contribution in [0.5, 0.6) is 0 Å². The Labute approximate surface area is 132 Å². The maximum absolute atomic E-state index is 12.0. The second-order valence-corrected chi connectivity index (χ2v) is 5.98. The Morgan fingerprint density at radius 3 is 2.41 bits per heavy atom. The fraction of sp³-hybridized carbons (Fsp3) is 0.812. The average Bonchev–Trinajstić information content (AvgIpc) is 2.53. The highest BCUT2D eigenvalue weighted by atomic mass is 16.2. The van der Waals surface area contributed by atoms with Gasteiger partial charge in [0.1, 0.15) is 6.29 Å². The molecule has 0 spiro atoms. The average molecular weight is 311 g/mol. The van der Waals surface area contributed by atoms with Crippen molar-refractivity contribution in [3.05, 3.63) is 0 Å². The first-order chi connectivity index (χ1) is 10.7. The quantitative estimate of drug-likeness (QED) is 0.407. The predicted molar refractivity (Wildman–Crippen MR) is 85.3 cm³/mol. The lowest BCUT2D eigenvalue weighted by Crippen LogP contribution is -2.36. The molecule has 0 aromatic heterocycles. The van der Waals surface area contributed by atoms with Crippen LogP contribution in [-0.2, 0) is 14.4 Å². The third-order valence-electron chi connectivity index (χ3n) is 4.17. The van der Waals surface area contributed by atoms with Crippen molar-refractivity contribution in [2.45, 2.75) is 44.9 Å². The third kappa shape index (κ3) is 7.54. The molecule has 1 aliphatic carbocycles. The lowest BCUT2D eigenvalue weighted by atomic mass is 9.81. The summed E-state index contributed by atoms with van der Waals surface area (Å²) in [6.07, 6.45) is 6.14. The van der Waals surface area contributed by atoms with Gasteiger partial charge < -0.3 is 20.7 Å². The Balaban J connectivity index is 2.04. The molecule has 0 aliphatic heterocycles. The van der Waals surface area contributed by atoms with Gasteiger partial charge in [0, 0.05) is 31.8 Å². The summed E-state index contributed by atoms with van der Waals surface area (Å²) in [5, 5.41) is 8.89. The van der Waals surface area contributed by atoms with Crippen LogP contribution in [0.4, 0.5) is 0 Å². The van der Waals surface area contributed by atoms with Crippen LogP contribution in [0.3, 0.4) is 0 Å². The van der Waals surface area contributed by atoms with Gasteiger partial charge in [-0.15, -0.1) is 0 Å². The van der Waals surface area contributed by atoms with E-state index in [1.165, 1.54) is 0 Å². The van der Waals surface area contributed by atoms with E-state index in [0.717, 1.165) is 38.5 Å². The van der Waals surface area contributed by atoms with Gasteiger partial charge in [0.15, 0.2) is 0 Å². The van der Waals surface area contributed by atoms with Crippen LogP contribution in [0.1, 0.15) is 44.9 Å². The van der Waals surface area contributed by atoms with Crippen molar-refractivity contribution in [3.8, 4) is 0 Å². The van der Waals surface area contributed by atoms with Crippen LogP contribution in [-0.4, -0.2) is 44.8 Å². The number of hydrogen-bond acceptors (Lipinski definition) is 4. The summed E-state index contributed by atoms with van der Waals surface area (Å²) in [7, 11) is 1.97. The molecule has 0 aromatic rings. The molecule has 0 saturated heterocycles. The molecule has 22 heavy (non-hydrogen) atoms. The maximum atomic E-state index is 12.0. The number of carbonyl (C=O) groups is 3. The minimum absolute atomic E-state index is 0.110. The summed E-state index contributed by atoms with van der Waals surface area (Å²) in [4.78, 5) is 33.5. The standard InChI is InChI=1S/C16H29N3O3/c1-17-12-13-5-7-14(8-6-13)16(22)19-10-3-9-18-15(21)4-2-11-20/h11,13-14,17H,2-10,12H2,1H3,(H,18,21)(H,19,22). The summed E-state index contributed by atoms with van der Waals surface area (Å²) in [6, 6.07) is 0. The Bertz CT molecular complexity index is 353. The highest BCUT2D eigenvalue weighted by Gasteiger charge is 2.25. The van der Waals surface area contributed by atoms with Gasteiger partial charge in [0.25, 0.3) is 0 Å². The van der Waals surface area contributed by atoms with E-state index in [1.807, 2.05) is 7.05 Å². The van der Waals surface area contributed by atoms with Crippen molar-refractivity contribution >= 4 is 18.1 Å².